The van der Waals surface area contributed by atoms with Gasteiger partial charge in [-0.25, -0.2) is 0 Å². The molecule has 0 bridgehead atoms. The minimum atomic E-state index is -4.88. The highest BCUT2D eigenvalue weighted by Gasteiger charge is 2.48. The molecular formula is C27H24F3NO6. The number of aryl methyl sites for hydroxylation is 2. The van der Waals surface area contributed by atoms with Crippen molar-refractivity contribution < 1.29 is 41.8 Å². The number of ketones is 1. The third-order valence-electron chi connectivity index (χ3n) is 5.63. The number of ether oxygens (including phenoxy) is 2. The van der Waals surface area contributed by atoms with Gasteiger partial charge in [-0.05, 0) is 87.9 Å². The van der Waals surface area contributed by atoms with Crippen molar-refractivity contribution >= 4 is 23.1 Å². The standard InChI is InChI=1S/C27H24F3NO6/c1-14(2)35-20-12-6-17(13-15(20)3)24(32)22-23(21-11-5-16(4)36-21)31(26(34)25(22)33)18-7-9-19(10-8-18)37-27(28,29)30/h5-14,23,32H,1-4H3/b24-22-. The molecule has 37 heavy (non-hydrogen) atoms. The van der Waals surface area contributed by atoms with Gasteiger partial charge in [-0.1, -0.05) is 0 Å². The van der Waals surface area contributed by atoms with Gasteiger partial charge >= 0.3 is 6.36 Å². The van der Waals surface area contributed by atoms with Crippen LogP contribution in [0.15, 0.2) is 64.6 Å². The van der Waals surface area contributed by atoms with Gasteiger partial charge in [0.05, 0.1) is 11.7 Å². The van der Waals surface area contributed by atoms with Crippen LogP contribution in [0.4, 0.5) is 18.9 Å². The van der Waals surface area contributed by atoms with E-state index in [-0.39, 0.29) is 28.7 Å². The van der Waals surface area contributed by atoms with E-state index in [1.165, 1.54) is 12.1 Å². The number of anilines is 1. The molecule has 10 heteroatoms. The van der Waals surface area contributed by atoms with Crippen LogP contribution >= 0.6 is 0 Å². The van der Waals surface area contributed by atoms with Crippen LogP contribution in [0.2, 0.25) is 0 Å². The van der Waals surface area contributed by atoms with Gasteiger partial charge < -0.3 is 19.0 Å². The number of hydrogen-bond acceptors (Lipinski definition) is 6. The fraction of sp³-hybridized carbons (Fsp3) is 0.259. The summed E-state index contributed by atoms with van der Waals surface area (Å²) in [5.41, 5.74) is 0.893. The number of alkyl halides is 3. The number of amides is 1. The lowest BCUT2D eigenvalue weighted by Gasteiger charge is -2.23. The Morgan fingerprint density at radius 2 is 1.70 bits per heavy atom. The lowest BCUT2D eigenvalue weighted by atomic mass is 9.98. The Labute approximate surface area is 210 Å². The molecule has 0 aliphatic carbocycles. The van der Waals surface area contributed by atoms with Crippen molar-refractivity contribution in [3.63, 3.8) is 0 Å². The summed E-state index contributed by atoms with van der Waals surface area (Å²) < 4.78 is 53.1. The predicted molar refractivity (Wildman–Crippen MR) is 128 cm³/mol. The minimum absolute atomic E-state index is 0.0708. The molecule has 1 unspecified atom stereocenters. The first-order valence-electron chi connectivity index (χ1n) is 11.4. The molecule has 0 radical (unpaired) electrons. The van der Waals surface area contributed by atoms with Crippen molar-refractivity contribution in [1.82, 2.24) is 0 Å². The summed E-state index contributed by atoms with van der Waals surface area (Å²) in [5, 5.41) is 11.2. The summed E-state index contributed by atoms with van der Waals surface area (Å²) in [5.74, 6) is -1.54. The molecule has 1 aliphatic rings. The number of furan rings is 1. The summed E-state index contributed by atoms with van der Waals surface area (Å²) in [6.07, 6.45) is -4.95. The van der Waals surface area contributed by atoms with Gasteiger partial charge in [0.15, 0.2) is 0 Å². The van der Waals surface area contributed by atoms with Crippen LogP contribution in [0.5, 0.6) is 11.5 Å². The zero-order valence-electron chi connectivity index (χ0n) is 20.4. The van der Waals surface area contributed by atoms with Crippen molar-refractivity contribution in [1.29, 1.82) is 0 Å². The molecule has 194 valence electrons. The van der Waals surface area contributed by atoms with Crippen LogP contribution in [-0.4, -0.2) is 29.3 Å². The number of carbonyl (C=O) groups excluding carboxylic acids is 2. The quantitative estimate of drug-likeness (QED) is 0.239. The first-order valence-corrected chi connectivity index (χ1v) is 11.4. The van der Waals surface area contributed by atoms with Gasteiger partial charge in [0.1, 0.15) is 34.8 Å². The molecule has 2 heterocycles. The number of hydrogen-bond donors (Lipinski definition) is 1. The SMILES string of the molecule is Cc1ccc(C2/C(=C(/O)c3ccc(OC(C)C)c(C)c3)C(=O)C(=O)N2c2ccc(OC(F)(F)F)cc2)o1. The Morgan fingerprint density at radius 3 is 2.24 bits per heavy atom. The molecule has 1 fully saturated rings. The Bertz CT molecular complexity index is 1370. The van der Waals surface area contributed by atoms with E-state index >= 15 is 0 Å². The smallest absolute Gasteiger partial charge is 0.507 e. The molecule has 4 rings (SSSR count). The number of rotatable bonds is 6. The van der Waals surface area contributed by atoms with E-state index in [4.69, 9.17) is 9.15 Å². The van der Waals surface area contributed by atoms with Gasteiger partial charge in [-0.15, -0.1) is 13.2 Å². The van der Waals surface area contributed by atoms with Crippen LogP contribution in [0, 0.1) is 13.8 Å². The molecule has 1 saturated heterocycles. The number of nitrogens with zero attached hydrogens (tertiary/aromatic N) is 1. The highest BCUT2D eigenvalue weighted by atomic mass is 19.4. The lowest BCUT2D eigenvalue weighted by molar-refractivity contribution is -0.274. The van der Waals surface area contributed by atoms with E-state index in [1.807, 2.05) is 13.8 Å². The second kappa shape index (κ2) is 9.68. The van der Waals surface area contributed by atoms with Crippen LogP contribution in [0.25, 0.3) is 5.76 Å². The molecule has 3 aromatic rings. The summed E-state index contributed by atoms with van der Waals surface area (Å²) in [4.78, 5) is 27.4. The number of aliphatic hydroxyl groups excluding tert-OH is 1. The van der Waals surface area contributed by atoms with Gasteiger partial charge in [-0.3, -0.25) is 14.5 Å². The Balaban J connectivity index is 1.81. The zero-order valence-corrected chi connectivity index (χ0v) is 20.4. The van der Waals surface area contributed by atoms with Gasteiger partial charge in [0.2, 0.25) is 0 Å². The number of carbonyl (C=O) groups is 2. The average Bonchev–Trinajstić information content (AvgIpc) is 3.35. The highest BCUT2D eigenvalue weighted by Crippen LogP contribution is 2.43. The zero-order chi connectivity index (χ0) is 27.1. The van der Waals surface area contributed by atoms with E-state index in [9.17, 15) is 27.9 Å². The first-order chi connectivity index (χ1) is 17.4. The third kappa shape index (κ3) is 5.32. The number of halogens is 3. The summed E-state index contributed by atoms with van der Waals surface area (Å²) in [6, 6.07) is 11.4. The topological polar surface area (TPSA) is 89.2 Å². The highest BCUT2D eigenvalue weighted by molar-refractivity contribution is 6.51. The lowest BCUT2D eigenvalue weighted by Crippen LogP contribution is -2.29. The molecule has 1 N–H and O–H groups in total. The third-order valence-corrected chi connectivity index (χ3v) is 5.63. The maximum Gasteiger partial charge on any atom is 0.573 e. The number of aliphatic hydroxyl groups is 1. The van der Waals surface area contributed by atoms with E-state index in [1.54, 1.807) is 44.2 Å². The monoisotopic (exact) mass is 515 g/mol. The van der Waals surface area contributed by atoms with Crippen LogP contribution < -0.4 is 14.4 Å². The van der Waals surface area contributed by atoms with Crippen LogP contribution in [0.3, 0.4) is 0 Å². The van der Waals surface area contributed by atoms with E-state index in [2.05, 4.69) is 4.74 Å². The van der Waals surface area contributed by atoms with Crippen molar-refractivity contribution in [3.05, 3.63) is 82.8 Å². The number of benzene rings is 2. The normalized spacial score (nSPS) is 17.5. The summed E-state index contributed by atoms with van der Waals surface area (Å²) >= 11 is 0. The van der Waals surface area contributed by atoms with E-state index in [0.29, 0.717) is 17.1 Å². The largest absolute Gasteiger partial charge is 0.573 e. The molecule has 0 saturated carbocycles. The Hall–Kier alpha value is -4.21. The maximum atomic E-state index is 13.2. The van der Waals surface area contributed by atoms with Crippen molar-refractivity contribution in [3.8, 4) is 11.5 Å². The minimum Gasteiger partial charge on any atom is -0.507 e. The van der Waals surface area contributed by atoms with Crippen LogP contribution in [-0.2, 0) is 9.59 Å². The van der Waals surface area contributed by atoms with Gasteiger partial charge in [0.25, 0.3) is 11.7 Å². The molecule has 1 aliphatic heterocycles. The van der Waals surface area contributed by atoms with E-state index < -0.39 is 35.6 Å². The fourth-order valence-electron chi connectivity index (χ4n) is 4.12. The van der Waals surface area contributed by atoms with Crippen LogP contribution in [0.1, 0.15) is 42.5 Å². The molecule has 7 nitrogen and oxygen atoms in total. The van der Waals surface area contributed by atoms with Crippen molar-refractivity contribution in [2.45, 2.75) is 46.2 Å². The number of Topliss-reactive ketones (excluding diaryl/α,β-unsaturated/α-hetero) is 1. The second-order valence-electron chi connectivity index (χ2n) is 8.81. The summed E-state index contributed by atoms with van der Waals surface area (Å²) in [6.45, 7) is 7.21. The first kappa shape index (κ1) is 25.9. The van der Waals surface area contributed by atoms with Crippen molar-refractivity contribution in [2.24, 2.45) is 0 Å². The fourth-order valence-corrected chi connectivity index (χ4v) is 4.12. The second-order valence-corrected chi connectivity index (χ2v) is 8.81. The predicted octanol–water partition coefficient (Wildman–Crippen LogP) is 6.21. The molecular weight excluding hydrogens is 491 g/mol. The molecule has 1 aromatic heterocycles. The van der Waals surface area contributed by atoms with Gasteiger partial charge in [-0.2, -0.15) is 0 Å². The molecule has 1 amide bonds. The molecule has 2 aromatic carbocycles. The van der Waals surface area contributed by atoms with E-state index in [0.717, 1.165) is 17.0 Å². The van der Waals surface area contributed by atoms with Crippen molar-refractivity contribution in [2.75, 3.05) is 4.90 Å². The average molecular weight is 515 g/mol. The Kier molecular flexibility index (Phi) is 6.77. The summed E-state index contributed by atoms with van der Waals surface area (Å²) in [7, 11) is 0. The molecule has 0 spiro atoms. The van der Waals surface area contributed by atoms with Gasteiger partial charge in [0, 0.05) is 11.3 Å². The maximum absolute atomic E-state index is 13.2. The molecule has 1 atom stereocenters. The Morgan fingerprint density at radius 1 is 1.03 bits per heavy atom.